The van der Waals surface area contributed by atoms with Crippen LogP contribution in [0, 0.1) is 0 Å². The second-order valence-electron chi connectivity index (χ2n) is 3.29. The number of aromatic hydroxyl groups is 1. The standard InChI is InChI=1S/C11H17NO2/c1-3-5-8(12)11-9(13)6-4-7-10(11)14-2/h4,6-8,13H,3,5,12H2,1-2H3/t8-/m0/s1. The molecule has 0 saturated heterocycles. The van der Waals surface area contributed by atoms with E-state index in [0.29, 0.717) is 11.3 Å². The molecule has 14 heavy (non-hydrogen) atoms. The van der Waals surface area contributed by atoms with Crippen molar-refractivity contribution in [2.24, 2.45) is 5.73 Å². The van der Waals surface area contributed by atoms with Gasteiger partial charge in [-0.25, -0.2) is 0 Å². The van der Waals surface area contributed by atoms with Crippen LogP contribution in [0.25, 0.3) is 0 Å². The van der Waals surface area contributed by atoms with Gasteiger partial charge in [-0.2, -0.15) is 0 Å². The first kappa shape index (κ1) is 10.9. The predicted molar refractivity (Wildman–Crippen MR) is 56.5 cm³/mol. The molecule has 3 nitrogen and oxygen atoms in total. The summed E-state index contributed by atoms with van der Waals surface area (Å²) in [4.78, 5) is 0. The highest BCUT2D eigenvalue weighted by molar-refractivity contribution is 5.45. The Morgan fingerprint density at radius 3 is 2.79 bits per heavy atom. The number of benzene rings is 1. The molecule has 0 radical (unpaired) electrons. The Bertz CT molecular complexity index is 299. The minimum absolute atomic E-state index is 0.156. The van der Waals surface area contributed by atoms with Crippen molar-refractivity contribution in [3.8, 4) is 11.5 Å². The molecular formula is C11H17NO2. The van der Waals surface area contributed by atoms with Gasteiger partial charge in [0.15, 0.2) is 0 Å². The predicted octanol–water partition coefficient (Wildman–Crippen LogP) is 2.20. The van der Waals surface area contributed by atoms with Crippen LogP contribution in [0.5, 0.6) is 11.5 Å². The molecule has 0 spiro atoms. The van der Waals surface area contributed by atoms with E-state index in [1.807, 2.05) is 6.07 Å². The summed E-state index contributed by atoms with van der Waals surface area (Å²) in [5, 5.41) is 9.66. The Kier molecular flexibility index (Phi) is 3.77. The molecule has 1 rings (SSSR count). The first-order valence-corrected chi connectivity index (χ1v) is 4.82. The fourth-order valence-corrected chi connectivity index (χ4v) is 1.54. The van der Waals surface area contributed by atoms with E-state index in [9.17, 15) is 5.11 Å². The maximum Gasteiger partial charge on any atom is 0.127 e. The van der Waals surface area contributed by atoms with Gasteiger partial charge in [0.25, 0.3) is 0 Å². The molecule has 3 heteroatoms. The summed E-state index contributed by atoms with van der Waals surface area (Å²) in [5.41, 5.74) is 6.65. The van der Waals surface area contributed by atoms with Crippen LogP contribution in [-0.2, 0) is 0 Å². The van der Waals surface area contributed by atoms with E-state index in [1.165, 1.54) is 0 Å². The van der Waals surface area contributed by atoms with Crippen molar-refractivity contribution in [1.82, 2.24) is 0 Å². The lowest BCUT2D eigenvalue weighted by atomic mass is 10.0. The maximum absolute atomic E-state index is 9.66. The second kappa shape index (κ2) is 4.86. The Morgan fingerprint density at radius 1 is 1.50 bits per heavy atom. The van der Waals surface area contributed by atoms with Gasteiger partial charge in [0, 0.05) is 6.04 Å². The summed E-state index contributed by atoms with van der Waals surface area (Å²) in [5.74, 6) is 0.872. The Labute approximate surface area is 84.5 Å². The lowest BCUT2D eigenvalue weighted by Crippen LogP contribution is -2.11. The van der Waals surface area contributed by atoms with Crippen molar-refractivity contribution in [3.05, 3.63) is 23.8 Å². The molecular weight excluding hydrogens is 178 g/mol. The van der Waals surface area contributed by atoms with Crippen LogP contribution in [0.2, 0.25) is 0 Å². The van der Waals surface area contributed by atoms with E-state index in [4.69, 9.17) is 10.5 Å². The third-order valence-corrected chi connectivity index (χ3v) is 2.23. The number of phenols is 1. The number of nitrogens with two attached hydrogens (primary N) is 1. The fourth-order valence-electron chi connectivity index (χ4n) is 1.54. The molecule has 3 N–H and O–H groups in total. The lowest BCUT2D eigenvalue weighted by molar-refractivity contribution is 0.391. The Hall–Kier alpha value is -1.22. The summed E-state index contributed by atoms with van der Waals surface area (Å²) in [6, 6.07) is 5.03. The van der Waals surface area contributed by atoms with Crippen molar-refractivity contribution in [2.45, 2.75) is 25.8 Å². The third kappa shape index (κ3) is 2.17. The van der Waals surface area contributed by atoms with Crippen LogP contribution in [0.15, 0.2) is 18.2 Å². The first-order chi connectivity index (χ1) is 6.70. The van der Waals surface area contributed by atoms with Gasteiger partial charge >= 0.3 is 0 Å². The summed E-state index contributed by atoms with van der Waals surface area (Å²) in [7, 11) is 1.58. The summed E-state index contributed by atoms with van der Waals surface area (Å²) < 4.78 is 5.15. The summed E-state index contributed by atoms with van der Waals surface area (Å²) >= 11 is 0. The molecule has 0 aliphatic carbocycles. The Balaban J connectivity index is 3.03. The molecule has 1 aromatic rings. The van der Waals surface area contributed by atoms with Gasteiger partial charge in [0.2, 0.25) is 0 Å². The number of hydrogen-bond donors (Lipinski definition) is 2. The van der Waals surface area contributed by atoms with Crippen LogP contribution in [0.3, 0.4) is 0 Å². The molecule has 1 aromatic carbocycles. The van der Waals surface area contributed by atoms with Gasteiger partial charge < -0.3 is 15.6 Å². The van der Waals surface area contributed by atoms with Crippen LogP contribution in [0.1, 0.15) is 31.4 Å². The van der Waals surface area contributed by atoms with Crippen LogP contribution >= 0.6 is 0 Å². The van der Waals surface area contributed by atoms with E-state index >= 15 is 0 Å². The fraction of sp³-hybridized carbons (Fsp3) is 0.455. The second-order valence-corrected chi connectivity index (χ2v) is 3.29. The number of phenolic OH excluding ortho intramolecular Hbond substituents is 1. The molecule has 1 atom stereocenters. The van der Waals surface area contributed by atoms with Crippen molar-refractivity contribution >= 4 is 0 Å². The van der Waals surface area contributed by atoms with Crippen molar-refractivity contribution in [1.29, 1.82) is 0 Å². The zero-order valence-corrected chi connectivity index (χ0v) is 8.66. The normalized spacial score (nSPS) is 12.5. The average Bonchev–Trinajstić information content (AvgIpc) is 2.17. The van der Waals surface area contributed by atoms with E-state index in [2.05, 4.69) is 6.92 Å². The quantitative estimate of drug-likeness (QED) is 0.774. The minimum atomic E-state index is -0.156. The molecule has 0 bridgehead atoms. The molecule has 0 aliphatic rings. The van der Waals surface area contributed by atoms with Crippen molar-refractivity contribution < 1.29 is 9.84 Å². The van der Waals surface area contributed by atoms with E-state index in [1.54, 1.807) is 19.2 Å². The zero-order chi connectivity index (χ0) is 10.6. The largest absolute Gasteiger partial charge is 0.507 e. The summed E-state index contributed by atoms with van der Waals surface area (Å²) in [6.07, 6.45) is 1.83. The van der Waals surface area contributed by atoms with Gasteiger partial charge in [-0.15, -0.1) is 0 Å². The smallest absolute Gasteiger partial charge is 0.127 e. The summed E-state index contributed by atoms with van der Waals surface area (Å²) in [6.45, 7) is 2.06. The maximum atomic E-state index is 9.66. The highest BCUT2D eigenvalue weighted by Crippen LogP contribution is 2.33. The SMILES string of the molecule is CCC[C@H](N)c1c(O)cccc1OC. The number of rotatable bonds is 4. The van der Waals surface area contributed by atoms with E-state index < -0.39 is 0 Å². The molecule has 0 heterocycles. The highest BCUT2D eigenvalue weighted by atomic mass is 16.5. The molecule has 78 valence electrons. The van der Waals surface area contributed by atoms with E-state index in [0.717, 1.165) is 12.8 Å². The third-order valence-electron chi connectivity index (χ3n) is 2.23. The molecule has 0 unspecified atom stereocenters. The molecule has 0 aliphatic heterocycles. The topological polar surface area (TPSA) is 55.5 Å². The molecule has 0 saturated carbocycles. The van der Waals surface area contributed by atoms with Crippen molar-refractivity contribution in [3.63, 3.8) is 0 Å². The van der Waals surface area contributed by atoms with Gasteiger partial charge in [0.1, 0.15) is 11.5 Å². The highest BCUT2D eigenvalue weighted by Gasteiger charge is 2.15. The minimum Gasteiger partial charge on any atom is -0.507 e. The molecule has 0 amide bonds. The van der Waals surface area contributed by atoms with Crippen molar-refractivity contribution in [2.75, 3.05) is 7.11 Å². The first-order valence-electron chi connectivity index (χ1n) is 4.82. The van der Waals surface area contributed by atoms with Gasteiger partial charge in [-0.3, -0.25) is 0 Å². The van der Waals surface area contributed by atoms with Gasteiger partial charge in [-0.05, 0) is 18.6 Å². The Morgan fingerprint density at radius 2 is 2.21 bits per heavy atom. The van der Waals surface area contributed by atoms with Gasteiger partial charge in [0.05, 0.1) is 12.7 Å². The number of hydrogen-bond acceptors (Lipinski definition) is 3. The number of methoxy groups -OCH3 is 1. The zero-order valence-electron chi connectivity index (χ0n) is 8.66. The average molecular weight is 195 g/mol. The van der Waals surface area contributed by atoms with E-state index in [-0.39, 0.29) is 11.8 Å². The van der Waals surface area contributed by atoms with Crippen LogP contribution in [-0.4, -0.2) is 12.2 Å². The van der Waals surface area contributed by atoms with Crippen LogP contribution < -0.4 is 10.5 Å². The molecule has 0 fully saturated rings. The molecule has 0 aromatic heterocycles. The monoisotopic (exact) mass is 195 g/mol. The number of ether oxygens (including phenoxy) is 1. The van der Waals surface area contributed by atoms with Gasteiger partial charge in [-0.1, -0.05) is 19.4 Å². The lowest BCUT2D eigenvalue weighted by Gasteiger charge is -2.16. The van der Waals surface area contributed by atoms with Crippen LogP contribution in [0.4, 0.5) is 0 Å².